The molecule has 2 aliphatic rings. The summed E-state index contributed by atoms with van der Waals surface area (Å²) in [6.45, 7) is 1.63. The number of aliphatic hydroxyl groups excluding tert-OH is 1. The average Bonchev–Trinajstić information content (AvgIpc) is 2.75. The van der Waals surface area contributed by atoms with Gasteiger partial charge in [-0.1, -0.05) is 17.7 Å². The van der Waals surface area contributed by atoms with Crippen LogP contribution in [0.1, 0.15) is 32.1 Å². The minimum absolute atomic E-state index is 0.0304. The van der Waals surface area contributed by atoms with Gasteiger partial charge in [-0.3, -0.25) is 4.79 Å². The topological polar surface area (TPSA) is 109 Å². The summed E-state index contributed by atoms with van der Waals surface area (Å²) in [6, 6.07) is 6.23. The van der Waals surface area contributed by atoms with Gasteiger partial charge in [0.2, 0.25) is 5.91 Å². The molecule has 8 nitrogen and oxygen atoms in total. The van der Waals surface area contributed by atoms with Gasteiger partial charge in [-0.25, -0.2) is 4.79 Å². The maximum absolute atomic E-state index is 12.3. The first-order chi connectivity index (χ1) is 14.5. The third-order valence-corrected chi connectivity index (χ3v) is 5.79. The molecule has 0 unspecified atom stereocenters. The Hall–Kier alpha value is -1.87. The monoisotopic (exact) mass is 439 g/mol. The van der Waals surface area contributed by atoms with E-state index in [1.54, 1.807) is 24.3 Å². The Morgan fingerprint density at radius 3 is 2.70 bits per heavy atom. The number of aliphatic hydroxyl groups is 1. The number of urea groups is 1. The zero-order valence-electron chi connectivity index (χ0n) is 16.9. The molecule has 0 aromatic heterocycles. The van der Waals surface area contributed by atoms with E-state index in [0.29, 0.717) is 43.3 Å². The molecular formula is C21H30ClN3O5. The smallest absolute Gasteiger partial charge is 0.319 e. The van der Waals surface area contributed by atoms with E-state index in [1.165, 1.54) is 0 Å². The van der Waals surface area contributed by atoms with Gasteiger partial charge in [0.15, 0.2) is 0 Å². The van der Waals surface area contributed by atoms with Crippen LogP contribution in [0.3, 0.4) is 0 Å². The number of carbonyl (C=O) groups excluding carboxylic acids is 2. The van der Waals surface area contributed by atoms with Crippen molar-refractivity contribution in [3.8, 4) is 0 Å². The largest absolute Gasteiger partial charge is 0.394 e. The molecule has 4 N–H and O–H groups in total. The number of amides is 3. The van der Waals surface area contributed by atoms with Crippen LogP contribution < -0.4 is 16.0 Å². The van der Waals surface area contributed by atoms with Crippen LogP contribution in [-0.2, 0) is 14.3 Å². The predicted octanol–water partition coefficient (Wildman–Crippen LogP) is 2.30. The van der Waals surface area contributed by atoms with Crippen LogP contribution >= 0.6 is 11.6 Å². The summed E-state index contributed by atoms with van der Waals surface area (Å²) in [4.78, 5) is 24.5. The molecule has 30 heavy (non-hydrogen) atoms. The van der Waals surface area contributed by atoms with Gasteiger partial charge in [0.1, 0.15) is 6.10 Å². The summed E-state index contributed by atoms with van der Waals surface area (Å²) >= 11 is 5.93. The summed E-state index contributed by atoms with van der Waals surface area (Å²) in [5.74, 6) is 0.104. The number of nitrogens with one attached hydrogen (secondary N) is 3. The maximum atomic E-state index is 12.3. The van der Waals surface area contributed by atoms with Gasteiger partial charge in [-0.2, -0.15) is 0 Å². The molecule has 166 valence electrons. The minimum atomic E-state index is -0.486. The molecule has 2 saturated heterocycles. The molecule has 0 spiro atoms. The third-order valence-electron chi connectivity index (χ3n) is 5.55. The van der Waals surface area contributed by atoms with Crippen LogP contribution in [-0.4, -0.2) is 61.7 Å². The third kappa shape index (κ3) is 6.84. The minimum Gasteiger partial charge on any atom is -0.394 e. The highest BCUT2D eigenvalue weighted by molar-refractivity contribution is 6.30. The fourth-order valence-corrected chi connectivity index (χ4v) is 4.06. The number of halogens is 1. The first kappa shape index (κ1) is 22.8. The Labute approximate surface area is 181 Å². The standard InChI is InChI=1S/C21H30ClN3O5/c22-15-2-1-3-16(12-15)24-21(28)25-18-5-4-17(30-19(18)13-26)6-9-23-20(27)14-7-10-29-11-8-14/h1-3,12,14,17-19,26H,4-11,13H2,(H,23,27)(H2,24,25,28)/t17-,18-,19-/m0/s1. The van der Waals surface area contributed by atoms with Crippen LogP contribution in [0.2, 0.25) is 5.02 Å². The van der Waals surface area contributed by atoms with E-state index in [0.717, 1.165) is 19.3 Å². The number of ether oxygens (including phenoxy) is 2. The maximum Gasteiger partial charge on any atom is 0.319 e. The highest BCUT2D eigenvalue weighted by Gasteiger charge is 2.32. The molecule has 3 atom stereocenters. The zero-order valence-corrected chi connectivity index (χ0v) is 17.7. The van der Waals surface area contributed by atoms with E-state index < -0.39 is 6.10 Å². The lowest BCUT2D eigenvalue weighted by molar-refractivity contribution is -0.128. The van der Waals surface area contributed by atoms with E-state index in [4.69, 9.17) is 21.1 Å². The lowest BCUT2D eigenvalue weighted by Gasteiger charge is -2.36. The van der Waals surface area contributed by atoms with Gasteiger partial charge in [0, 0.05) is 36.4 Å². The van der Waals surface area contributed by atoms with Gasteiger partial charge in [-0.15, -0.1) is 0 Å². The summed E-state index contributed by atoms with van der Waals surface area (Å²) in [5, 5.41) is 18.8. The molecule has 1 aromatic rings. The van der Waals surface area contributed by atoms with Crippen molar-refractivity contribution in [2.75, 3.05) is 31.7 Å². The Bertz CT molecular complexity index is 714. The summed E-state index contributed by atoms with van der Waals surface area (Å²) in [5.41, 5.74) is 0.593. The molecule has 2 heterocycles. The molecule has 9 heteroatoms. The molecule has 0 bridgehead atoms. The van der Waals surface area contributed by atoms with Crippen molar-refractivity contribution in [3.63, 3.8) is 0 Å². The van der Waals surface area contributed by atoms with Crippen molar-refractivity contribution in [2.45, 2.75) is 50.4 Å². The lowest BCUT2D eigenvalue weighted by atomic mass is 9.96. The molecule has 1 aromatic carbocycles. The number of carbonyl (C=O) groups is 2. The summed E-state index contributed by atoms with van der Waals surface area (Å²) in [7, 11) is 0. The Balaban J connectivity index is 1.39. The van der Waals surface area contributed by atoms with Crippen molar-refractivity contribution in [1.29, 1.82) is 0 Å². The fourth-order valence-electron chi connectivity index (χ4n) is 3.87. The van der Waals surface area contributed by atoms with Gasteiger partial charge in [0.05, 0.1) is 18.8 Å². The second-order valence-electron chi connectivity index (χ2n) is 7.74. The quantitative estimate of drug-likeness (QED) is 0.521. The Kier molecular flexibility index (Phi) is 8.74. The van der Waals surface area contributed by atoms with E-state index in [2.05, 4.69) is 16.0 Å². The van der Waals surface area contributed by atoms with E-state index in [-0.39, 0.29) is 36.6 Å². The van der Waals surface area contributed by atoms with Crippen LogP contribution in [0.25, 0.3) is 0 Å². The molecule has 2 fully saturated rings. The molecule has 0 aliphatic carbocycles. The SMILES string of the molecule is O=C(Nc1cccc(Cl)c1)N[C@H]1CC[C@@H](CCNC(=O)C2CCOCC2)O[C@H]1CO. The first-order valence-corrected chi connectivity index (χ1v) is 10.9. The summed E-state index contributed by atoms with van der Waals surface area (Å²) in [6.07, 6.45) is 3.09. The number of anilines is 1. The van der Waals surface area contributed by atoms with Crippen LogP contribution in [0.15, 0.2) is 24.3 Å². The first-order valence-electron chi connectivity index (χ1n) is 10.5. The number of hydrogen-bond acceptors (Lipinski definition) is 5. The summed E-state index contributed by atoms with van der Waals surface area (Å²) < 4.78 is 11.2. The van der Waals surface area contributed by atoms with Crippen LogP contribution in [0.4, 0.5) is 10.5 Å². The van der Waals surface area contributed by atoms with E-state index >= 15 is 0 Å². The van der Waals surface area contributed by atoms with Gasteiger partial charge in [0.25, 0.3) is 0 Å². The van der Waals surface area contributed by atoms with Crippen LogP contribution in [0, 0.1) is 5.92 Å². The molecule has 3 amide bonds. The molecule has 0 radical (unpaired) electrons. The normalized spacial score (nSPS) is 24.8. The number of benzene rings is 1. The highest BCUT2D eigenvalue weighted by Crippen LogP contribution is 2.22. The fraction of sp³-hybridized carbons (Fsp3) is 0.619. The van der Waals surface area contributed by atoms with Crippen molar-refractivity contribution in [3.05, 3.63) is 29.3 Å². The molecule has 3 rings (SSSR count). The zero-order chi connectivity index (χ0) is 21.3. The number of rotatable bonds is 7. The van der Waals surface area contributed by atoms with E-state index in [1.807, 2.05) is 0 Å². The predicted molar refractivity (Wildman–Crippen MR) is 114 cm³/mol. The second-order valence-corrected chi connectivity index (χ2v) is 8.17. The highest BCUT2D eigenvalue weighted by atomic mass is 35.5. The Morgan fingerprint density at radius 1 is 1.17 bits per heavy atom. The van der Waals surface area contributed by atoms with Crippen LogP contribution in [0.5, 0.6) is 0 Å². The number of hydrogen-bond donors (Lipinski definition) is 4. The van der Waals surface area contributed by atoms with Crippen molar-refractivity contribution in [1.82, 2.24) is 10.6 Å². The van der Waals surface area contributed by atoms with E-state index in [9.17, 15) is 14.7 Å². The Morgan fingerprint density at radius 2 is 1.97 bits per heavy atom. The van der Waals surface area contributed by atoms with Gasteiger partial charge < -0.3 is 30.5 Å². The van der Waals surface area contributed by atoms with Crippen molar-refractivity contribution in [2.24, 2.45) is 5.92 Å². The molecule has 2 aliphatic heterocycles. The van der Waals surface area contributed by atoms with Gasteiger partial charge in [-0.05, 0) is 50.3 Å². The van der Waals surface area contributed by atoms with Crippen molar-refractivity contribution < 1.29 is 24.2 Å². The van der Waals surface area contributed by atoms with Gasteiger partial charge >= 0.3 is 6.03 Å². The second kappa shape index (κ2) is 11.5. The molecular weight excluding hydrogens is 410 g/mol. The lowest BCUT2D eigenvalue weighted by Crippen LogP contribution is -2.52. The van der Waals surface area contributed by atoms with Crippen molar-refractivity contribution >= 4 is 29.2 Å². The molecule has 0 saturated carbocycles. The average molecular weight is 440 g/mol.